The van der Waals surface area contributed by atoms with Gasteiger partial charge in [-0.2, -0.15) is 0 Å². The second-order valence-electron chi connectivity index (χ2n) is 4.78. The normalized spacial score (nSPS) is 24.6. The predicted molar refractivity (Wildman–Crippen MR) is 69.2 cm³/mol. The topological polar surface area (TPSA) is 49.3 Å². The molecule has 94 valence electrons. The van der Waals surface area contributed by atoms with E-state index in [2.05, 4.69) is 5.32 Å². The van der Waals surface area contributed by atoms with E-state index in [0.29, 0.717) is 6.42 Å². The molecule has 0 radical (unpaired) electrons. The lowest BCUT2D eigenvalue weighted by Gasteiger charge is -2.26. The van der Waals surface area contributed by atoms with Crippen LogP contribution < -0.4 is 5.32 Å². The van der Waals surface area contributed by atoms with Crippen molar-refractivity contribution in [1.82, 2.24) is 5.32 Å². The molecule has 3 nitrogen and oxygen atoms in total. The minimum absolute atomic E-state index is 0.108. The van der Waals surface area contributed by atoms with Crippen molar-refractivity contribution >= 4 is 17.2 Å². The second kappa shape index (κ2) is 5.65. The number of carbonyl (C=O) groups excluding carboxylic acids is 1. The van der Waals surface area contributed by atoms with Crippen LogP contribution in [-0.2, 0) is 11.2 Å². The van der Waals surface area contributed by atoms with Gasteiger partial charge in [-0.1, -0.05) is 0 Å². The number of hydrogen-bond acceptors (Lipinski definition) is 3. The predicted octanol–water partition coefficient (Wildman–Crippen LogP) is 2.02. The van der Waals surface area contributed by atoms with Crippen LogP contribution in [0.5, 0.6) is 0 Å². The van der Waals surface area contributed by atoms with Gasteiger partial charge in [0.1, 0.15) is 0 Å². The fourth-order valence-electron chi connectivity index (χ4n) is 2.23. The van der Waals surface area contributed by atoms with Crippen molar-refractivity contribution in [3.8, 4) is 0 Å². The van der Waals surface area contributed by atoms with Gasteiger partial charge in [0.15, 0.2) is 0 Å². The first-order valence-electron chi connectivity index (χ1n) is 6.15. The van der Waals surface area contributed by atoms with Crippen molar-refractivity contribution in [1.29, 1.82) is 0 Å². The highest BCUT2D eigenvalue weighted by Crippen LogP contribution is 2.19. The molecule has 2 N–H and O–H groups in total. The molecule has 2 rings (SSSR count). The van der Waals surface area contributed by atoms with Gasteiger partial charge in [0.2, 0.25) is 5.91 Å². The maximum absolute atomic E-state index is 11.8. The summed E-state index contributed by atoms with van der Waals surface area (Å²) in [5.74, 6) is 0.108. The van der Waals surface area contributed by atoms with Crippen LogP contribution >= 0.6 is 11.3 Å². The zero-order valence-corrected chi connectivity index (χ0v) is 10.9. The van der Waals surface area contributed by atoms with Crippen molar-refractivity contribution in [2.45, 2.75) is 51.2 Å². The van der Waals surface area contributed by atoms with Gasteiger partial charge in [-0.15, -0.1) is 11.3 Å². The minimum Gasteiger partial charge on any atom is -0.393 e. The first kappa shape index (κ1) is 12.6. The Labute approximate surface area is 106 Å². The summed E-state index contributed by atoms with van der Waals surface area (Å²) >= 11 is 1.64. The average Bonchev–Trinajstić information content (AvgIpc) is 2.68. The van der Waals surface area contributed by atoms with Crippen molar-refractivity contribution in [3.63, 3.8) is 0 Å². The maximum atomic E-state index is 11.8. The molecule has 17 heavy (non-hydrogen) atoms. The minimum atomic E-state index is -0.164. The number of nitrogens with one attached hydrogen (secondary N) is 1. The molecule has 0 aliphatic heterocycles. The molecule has 1 fully saturated rings. The molecule has 1 aromatic rings. The van der Waals surface area contributed by atoms with E-state index in [-0.39, 0.29) is 18.1 Å². The average molecular weight is 253 g/mol. The number of aliphatic hydroxyl groups excluding tert-OH is 1. The number of carbonyl (C=O) groups is 1. The van der Waals surface area contributed by atoms with Crippen molar-refractivity contribution in [2.24, 2.45) is 0 Å². The van der Waals surface area contributed by atoms with Crippen molar-refractivity contribution < 1.29 is 9.90 Å². The van der Waals surface area contributed by atoms with Crippen LogP contribution in [-0.4, -0.2) is 23.2 Å². The molecule has 0 bridgehead atoms. The van der Waals surface area contributed by atoms with Crippen LogP contribution in [0, 0.1) is 6.92 Å². The number of rotatable bonds is 3. The van der Waals surface area contributed by atoms with Crippen molar-refractivity contribution in [3.05, 3.63) is 21.9 Å². The summed E-state index contributed by atoms with van der Waals surface area (Å²) in [5.41, 5.74) is 1.20. The fraction of sp³-hybridized carbons (Fsp3) is 0.615. The van der Waals surface area contributed by atoms with E-state index in [0.717, 1.165) is 30.6 Å². The van der Waals surface area contributed by atoms with E-state index in [1.807, 2.05) is 18.4 Å². The van der Waals surface area contributed by atoms with Gasteiger partial charge in [0.05, 0.1) is 12.5 Å². The number of amides is 1. The largest absolute Gasteiger partial charge is 0.393 e. The van der Waals surface area contributed by atoms with Crippen LogP contribution in [0.2, 0.25) is 0 Å². The van der Waals surface area contributed by atoms with Gasteiger partial charge in [-0.25, -0.2) is 0 Å². The van der Waals surface area contributed by atoms with Gasteiger partial charge in [-0.05, 0) is 49.6 Å². The summed E-state index contributed by atoms with van der Waals surface area (Å²) in [6, 6.07) is 2.30. The number of aliphatic hydroxyl groups is 1. The Balaban J connectivity index is 1.80. The van der Waals surface area contributed by atoms with E-state index in [4.69, 9.17) is 0 Å². The van der Waals surface area contributed by atoms with Gasteiger partial charge in [0.25, 0.3) is 0 Å². The Kier molecular flexibility index (Phi) is 4.18. The summed E-state index contributed by atoms with van der Waals surface area (Å²) in [6.45, 7) is 2.04. The lowest BCUT2D eigenvalue weighted by molar-refractivity contribution is -0.121. The van der Waals surface area contributed by atoms with Crippen LogP contribution in [0.4, 0.5) is 0 Å². The SMILES string of the molecule is Cc1ccsc1CC(=O)NC1CCC(O)CC1. The van der Waals surface area contributed by atoms with Gasteiger partial charge >= 0.3 is 0 Å². The molecule has 4 heteroatoms. The van der Waals surface area contributed by atoms with Crippen LogP contribution in [0.3, 0.4) is 0 Å². The molecule has 0 unspecified atom stereocenters. The molecule has 0 aromatic carbocycles. The van der Waals surface area contributed by atoms with Crippen LogP contribution in [0.25, 0.3) is 0 Å². The molecule has 0 atom stereocenters. The van der Waals surface area contributed by atoms with Crippen molar-refractivity contribution in [2.75, 3.05) is 0 Å². The summed E-state index contributed by atoms with van der Waals surface area (Å²) in [6.07, 6.45) is 3.74. The third kappa shape index (κ3) is 3.54. The molecule has 0 saturated heterocycles. The lowest BCUT2D eigenvalue weighted by Crippen LogP contribution is -2.39. The van der Waals surface area contributed by atoms with Gasteiger partial charge < -0.3 is 10.4 Å². The Hall–Kier alpha value is -0.870. The summed E-state index contributed by atoms with van der Waals surface area (Å²) in [7, 11) is 0. The summed E-state index contributed by atoms with van der Waals surface area (Å²) in [5, 5.41) is 14.5. The van der Waals surface area contributed by atoms with Crippen LogP contribution in [0.15, 0.2) is 11.4 Å². The zero-order chi connectivity index (χ0) is 12.3. The quantitative estimate of drug-likeness (QED) is 0.866. The summed E-state index contributed by atoms with van der Waals surface area (Å²) in [4.78, 5) is 13.0. The third-order valence-corrected chi connectivity index (χ3v) is 4.37. The standard InChI is InChI=1S/C13H19NO2S/c1-9-6-7-17-12(9)8-13(16)14-10-2-4-11(15)5-3-10/h6-7,10-11,15H,2-5,8H2,1H3,(H,14,16). The number of hydrogen-bond donors (Lipinski definition) is 2. The molecule has 1 aromatic heterocycles. The van der Waals surface area contributed by atoms with E-state index >= 15 is 0 Å². The molecule has 1 amide bonds. The Morgan fingerprint density at radius 2 is 2.18 bits per heavy atom. The molecular formula is C13H19NO2S. The second-order valence-corrected chi connectivity index (χ2v) is 5.78. The van der Waals surface area contributed by atoms with E-state index in [9.17, 15) is 9.90 Å². The highest BCUT2D eigenvalue weighted by Gasteiger charge is 2.20. The van der Waals surface area contributed by atoms with Crippen LogP contribution in [0.1, 0.15) is 36.1 Å². The molecule has 0 spiro atoms. The Bertz CT molecular complexity index is 381. The van der Waals surface area contributed by atoms with Gasteiger partial charge in [-0.3, -0.25) is 4.79 Å². The molecule has 1 aliphatic carbocycles. The molecule has 1 aliphatic rings. The summed E-state index contributed by atoms with van der Waals surface area (Å²) < 4.78 is 0. The van der Waals surface area contributed by atoms with E-state index < -0.39 is 0 Å². The highest BCUT2D eigenvalue weighted by atomic mass is 32.1. The smallest absolute Gasteiger partial charge is 0.225 e. The third-order valence-electron chi connectivity index (χ3n) is 3.35. The fourth-order valence-corrected chi connectivity index (χ4v) is 3.13. The van der Waals surface area contributed by atoms with Gasteiger partial charge in [0, 0.05) is 10.9 Å². The number of aryl methyl sites for hydroxylation is 1. The first-order chi connectivity index (χ1) is 8.15. The molecule has 1 heterocycles. The van der Waals surface area contributed by atoms with E-state index in [1.165, 1.54) is 5.56 Å². The highest BCUT2D eigenvalue weighted by molar-refractivity contribution is 7.10. The Morgan fingerprint density at radius 3 is 2.76 bits per heavy atom. The van der Waals surface area contributed by atoms with E-state index in [1.54, 1.807) is 11.3 Å². The molecule has 1 saturated carbocycles. The zero-order valence-electron chi connectivity index (χ0n) is 10.1. The molecular weight excluding hydrogens is 234 g/mol. The number of thiophene rings is 1. The Morgan fingerprint density at radius 1 is 1.47 bits per heavy atom. The monoisotopic (exact) mass is 253 g/mol. The first-order valence-corrected chi connectivity index (χ1v) is 7.03. The maximum Gasteiger partial charge on any atom is 0.225 e. The lowest BCUT2D eigenvalue weighted by atomic mass is 9.93.